The lowest BCUT2D eigenvalue weighted by molar-refractivity contribution is -0.177. The molecule has 1 aliphatic heterocycles. The molecule has 1 saturated heterocycles. The van der Waals surface area contributed by atoms with Crippen LogP contribution in [0.4, 0.5) is 0 Å². The number of aliphatic hydroxyl groups excluding tert-OH is 1. The molecule has 3 nitrogen and oxygen atoms in total. The number of ether oxygens (including phenoxy) is 2. The molecular formula is C21H30O3. The molecule has 132 valence electrons. The third-order valence-electron chi connectivity index (χ3n) is 8.99. The number of aliphatic hydroxyl groups is 1. The van der Waals surface area contributed by atoms with Gasteiger partial charge in [0.1, 0.15) is 0 Å². The molecule has 0 aromatic rings. The normalized spacial score (nSPS) is 56.9. The van der Waals surface area contributed by atoms with Crippen LogP contribution in [0.25, 0.3) is 0 Å². The van der Waals surface area contributed by atoms with E-state index in [0.717, 1.165) is 55.6 Å². The van der Waals surface area contributed by atoms with Gasteiger partial charge in [0.2, 0.25) is 0 Å². The molecule has 1 spiro atoms. The first-order valence-electron chi connectivity index (χ1n) is 10.3. The zero-order chi connectivity index (χ0) is 16.1. The predicted molar refractivity (Wildman–Crippen MR) is 90.1 cm³/mol. The lowest BCUT2D eigenvalue weighted by Crippen LogP contribution is -2.50. The molecule has 3 heteroatoms. The molecule has 0 aromatic heterocycles. The van der Waals surface area contributed by atoms with E-state index in [9.17, 15) is 5.11 Å². The standard InChI is InChI=1S/C21H30O3/c1-20-6-4-14-13-5-7-21(23-8-9-24-21)11-12(13)2-3-15(14)18(20)16-10-17(16)19(20)22/h2,13-19,22H,3-11H2,1H3/t13?,14?,15?,16?,17?,18?,19-,20-/m0/s1. The van der Waals surface area contributed by atoms with Gasteiger partial charge >= 0.3 is 0 Å². The second-order valence-electron chi connectivity index (χ2n) is 9.85. The fraction of sp³-hybridized carbons (Fsp3) is 0.905. The van der Waals surface area contributed by atoms with Gasteiger partial charge in [-0.05, 0) is 73.0 Å². The fourth-order valence-corrected chi connectivity index (χ4v) is 7.92. The summed E-state index contributed by atoms with van der Waals surface area (Å²) in [5.74, 6) is 4.43. The van der Waals surface area contributed by atoms with Crippen molar-refractivity contribution >= 4 is 0 Å². The molecular weight excluding hydrogens is 300 g/mol. The average molecular weight is 330 g/mol. The molecule has 6 unspecified atom stereocenters. The molecule has 8 atom stereocenters. The lowest BCUT2D eigenvalue weighted by Gasteiger charge is -2.55. The smallest absolute Gasteiger partial charge is 0.172 e. The highest BCUT2D eigenvalue weighted by Crippen LogP contribution is 2.71. The Hall–Kier alpha value is -0.380. The first kappa shape index (κ1) is 14.8. The minimum Gasteiger partial charge on any atom is -0.392 e. The number of rotatable bonds is 0. The molecule has 1 N–H and O–H groups in total. The van der Waals surface area contributed by atoms with Crippen molar-refractivity contribution in [3.8, 4) is 0 Å². The lowest BCUT2D eigenvalue weighted by atomic mass is 9.51. The summed E-state index contributed by atoms with van der Waals surface area (Å²) >= 11 is 0. The molecule has 0 radical (unpaired) electrons. The van der Waals surface area contributed by atoms with Crippen LogP contribution in [0.15, 0.2) is 11.6 Å². The molecule has 4 saturated carbocycles. The Morgan fingerprint density at radius 1 is 1.04 bits per heavy atom. The maximum atomic E-state index is 10.8. The number of fused-ring (bicyclic) bond motifs is 7. The molecule has 24 heavy (non-hydrogen) atoms. The number of hydrogen-bond donors (Lipinski definition) is 1. The van der Waals surface area contributed by atoms with E-state index in [1.807, 2.05) is 0 Å². The molecule has 0 aromatic carbocycles. The molecule has 6 rings (SSSR count). The van der Waals surface area contributed by atoms with E-state index in [0.29, 0.717) is 5.92 Å². The van der Waals surface area contributed by atoms with Gasteiger partial charge in [0, 0.05) is 12.8 Å². The van der Waals surface area contributed by atoms with Crippen LogP contribution in [0, 0.1) is 40.9 Å². The third kappa shape index (κ3) is 1.74. The molecule has 0 bridgehead atoms. The van der Waals surface area contributed by atoms with Gasteiger partial charge in [-0.3, -0.25) is 0 Å². The van der Waals surface area contributed by atoms with Crippen molar-refractivity contribution in [3.63, 3.8) is 0 Å². The van der Waals surface area contributed by atoms with E-state index in [-0.39, 0.29) is 17.3 Å². The van der Waals surface area contributed by atoms with Gasteiger partial charge in [-0.1, -0.05) is 18.6 Å². The van der Waals surface area contributed by atoms with Gasteiger partial charge in [-0.2, -0.15) is 0 Å². The molecule has 5 aliphatic carbocycles. The summed E-state index contributed by atoms with van der Waals surface area (Å²) in [5, 5.41) is 10.8. The van der Waals surface area contributed by atoms with Gasteiger partial charge in [0.15, 0.2) is 5.79 Å². The van der Waals surface area contributed by atoms with Gasteiger partial charge in [-0.25, -0.2) is 0 Å². The van der Waals surface area contributed by atoms with Crippen LogP contribution in [0.5, 0.6) is 0 Å². The summed E-state index contributed by atoms with van der Waals surface area (Å²) in [6.07, 6.45) is 11.0. The van der Waals surface area contributed by atoms with Crippen LogP contribution < -0.4 is 0 Å². The van der Waals surface area contributed by atoms with Gasteiger partial charge in [0.05, 0.1) is 19.3 Å². The zero-order valence-corrected chi connectivity index (χ0v) is 14.7. The monoisotopic (exact) mass is 330 g/mol. The fourth-order valence-electron chi connectivity index (χ4n) is 7.92. The minimum absolute atomic E-state index is 0.0197. The van der Waals surface area contributed by atoms with Crippen LogP contribution in [-0.2, 0) is 9.47 Å². The van der Waals surface area contributed by atoms with Crippen molar-refractivity contribution in [2.45, 2.75) is 63.8 Å². The van der Waals surface area contributed by atoms with Crippen molar-refractivity contribution in [2.75, 3.05) is 13.2 Å². The second kappa shape index (κ2) is 4.66. The highest BCUT2D eigenvalue weighted by atomic mass is 16.7. The Bertz CT molecular complexity index is 592. The summed E-state index contributed by atoms with van der Waals surface area (Å²) in [6.45, 7) is 3.94. The van der Waals surface area contributed by atoms with Crippen LogP contribution in [-0.4, -0.2) is 30.2 Å². The van der Waals surface area contributed by atoms with Gasteiger partial charge < -0.3 is 14.6 Å². The number of allylic oxidation sites excluding steroid dienone is 1. The van der Waals surface area contributed by atoms with Crippen LogP contribution >= 0.6 is 0 Å². The summed E-state index contributed by atoms with van der Waals surface area (Å²) in [5.41, 5.74) is 1.85. The second-order valence-corrected chi connectivity index (χ2v) is 9.85. The largest absolute Gasteiger partial charge is 0.392 e. The predicted octanol–water partition coefficient (Wildman–Crippen LogP) is 3.52. The Morgan fingerprint density at radius 2 is 1.88 bits per heavy atom. The maximum Gasteiger partial charge on any atom is 0.172 e. The van der Waals surface area contributed by atoms with Crippen LogP contribution in [0.3, 0.4) is 0 Å². The summed E-state index contributed by atoms with van der Waals surface area (Å²) < 4.78 is 12.0. The molecule has 5 fully saturated rings. The van der Waals surface area contributed by atoms with Gasteiger partial charge in [-0.15, -0.1) is 0 Å². The van der Waals surface area contributed by atoms with E-state index >= 15 is 0 Å². The third-order valence-corrected chi connectivity index (χ3v) is 8.99. The van der Waals surface area contributed by atoms with Gasteiger partial charge in [0.25, 0.3) is 0 Å². The summed E-state index contributed by atoms with van der Waals surface area (Å²) in [7, 11) is 0. The molecule has 6 aliphatic rings. The molecule has 1 heterocycles. The first-order valence-corrected chi connectivity index (χ1v) is 10.3. The zero-order valence-electron chi connectivity index (χ0n) is 14.7. The van der Waals surface area contributed by atoms with Crippen LogP contribution in [0.2, 0.25) is 0 Å². The summed E-state index contributed by atoms with van der Waals surface area (Å²) in [4.78, 5) is 0. The maximum absolute atomic E-state index is 10.8. The van der Waals surface area contributed by atoms with Crippen molar-refractivity contribution in [1.29, 1.82) is 0 Å². The topological polar surface area (TPSA) is 38.7 Å². The van der Waals surface area contributed by atoms with Crippen molar-refractivity contribution in [2.24, 2.45) is 40.9 Å². The Kier molecular flexibility index (Phi) is 2.87. The van der Waals surface area contributed by atoms with Crippen molar-refractivity contribution in [3.05, 3.63) is 11.6 Å². The highest BCUT2D eigenvalue weighted by Gasteiger charge is 2.69. The Morgan fingerprint density at radius 3 is 2.71 bits per heavy atom. The Labute approximate surface area is 144 Å². The highest BCUT2D eigenvalue weighted by molar-refractivity contribution is 5.24. The average Bonchev–Trinajstić information content (AvgIpc) is 3.18. The van der Waals surface area contributed by atoms with Crippen LogP contribution in [0.1, 0.15) is 51.9 Å². The van der Waals surface area contributed by atoms with Crippen molar-refractivity contribution in [1.82, 2.24) is 0 Å². The van der Waals surface area contributed by atoms with E-state index in [1.165, 1.54) is 32.1 Å². The number of hydrogen-bond acceptors (Lipinski definition) is 3. The first-order chi connectivity index (χ1) is 11.6. The van der Waals surface area contributed by atoms with Crippen molar-refractivity contribution < 1.29 is 14.6 Å². The van der Waals surface area contributed by atoms with E-state index in [1.54, 1.807) is 5.57 Å². The summed E-state index contributed by atoms with van der Waals surface area (Å²) in [6, 6.07) is 0. The van der Waals surface area contributed by atoms with E-state index in [4.69, 9.17) is 9.47 Å². The van der Waals surface area contributed by atoms with E-state index < -0.39 is 0 Å². The SMILES string of the molecule is C[C@]12CCC3C4CCC5(CC4=CCC3C1C1CC1[C@@H]2O)OCCO5. The van der Waals surface area contributed by atoms with E-state index in [2.05, 4.69) is 13.0 Å². The Balaban J connectivity index is 1.31. The quantitative estimate of drug-likeness (QED) is 0.691. The minimum atomic E-state index is -0.274. The molecule has 0 amide bonds.